The minimum Gasteiger partial charge on any atom is -0.317 e. The fourth-order valence-electron chi connectivity index (χ4n) is 2.36. The van der Waals surface area contributed by atoms with Crippen molar-refractivity contribution < 1.29 is 0 Å². The molecule has 1 unspecified atom stereocenters. The summed E-state index contributed by atoms with van der Waals surface area (Å²) < 4.78 is 0. The van der Waals surface area contributed by atoms with Gasteiger partial charge in [0.15, 0.2) is 0 Å². The van der Waals surface area contributed by atoms with Crippen molar-refractivity contribution in [2.24, 2.45) is 0 Å². The fourth-order valence-corrected chi connectivity index (χ4v) is 3.18. The molecule has 1 atom stereocenters. The first kappa shape index (κ1) is 12.1. The molecule has 0 amide bonds. The molecule has 1 aromatic heterocycles. The summed E-state index contributed by atoms with van der Waals surface area (Å²) in [6.07, 6.45) is 5.04. The van der Waals surface area contributed by atoms with Crippen molar-refractivity contribution in [2.75, 3.05) is 13.1 Å². The molecule has 1 aliphatic rings. The van der Waals surface area contributed by atoms with E-state index in [1.807, 2.05) is 11.3 Å². The van der Waals surface area contributed by atoms with Crippen LogP contribution in [-0.2, 0) is 0 Å². The largest absolute Gasteiger partial charge is 0.317 e. The Kier molecular flexibility index (Phi) is 4.82. The van der Waals surface area contributed by atoms with Crippen LogP contribution in [0.2, 0.25) is 0 Å². The van der Waals surface area contributed by atoms with E-state index in [1.54, 1.807) is 0 Å². The van der Waals surface area contributed by atoms with Crippen LogP contribution < -0.4 is 10.6 Å². The van der Waals surface area contributed by atoms with Gasteiger partial charge in [0.25, 0.3) is 0 Å². The molecule has 1 aromatic rings. The third-order valence-corrected chi connectivity index (χ3v) is 4.23. The van der Waals surface area contributed by atoms with E-state index in [0.717, 1.165) is 0 Å². The van der Waals surface area contributed by atoms with Gasteiger partial charge in [-0.2, -0.15) is 0 Å². The molecule has 0 spiro atoms. The molecule has 1 saturated heterocycles. The summed E-state index contributed by atoms with van der Waals surface area (Å²) in [5, 5.41) is 9.43. The van der Waals surface area contributed by atoms with Crippen LogP contribution in [0.15, 0.2) is 17.5 Å². The Morgan fingerprint density at radius 2 is 2.31 bits per heavy atom. The maximum Gasteiger partial charge on any atom is 0.0416 e. The molecule has 2 rings (SSSR count). The lowest BCUT2D eigenvalue weighted by molar-refractivity contribution is 0.342. The Morgan fingerprint density at radius 1 is 1.50 bits per heavy atom. The van der Waals surface area contributed by atoms with Crippen molar-refractivity contribution in [1.29, 1.82) is 0 Å². The van der Waals surface area contributed by atoms with Crippen molar-refractivity contribution >= 4 is 11.3 Å². The Morgan fingerprint density at radius 3 is 2.94 bits per heavy atom. The quantitative estimate of drug-likeness (QED) is 0.824. The third-order valence-electron chi connectivity index (χ3n) is 3.24. The van der Waals surface area contributed by atoms with E-state index in [2.05, 4.69) is 35.1 Å². The van der Waals surface area contributed by atoms with E-state index in [4.69, 9.17) is 0 Å². The standard InChI is InChI=1S/C13H22N2S/c1-2-4-12(13-5-3-10-16-13)15-11-6-8-14-9-7-11/h3,5,10-12,14-15H,2,4,6-9H2,1H3. The zero-order chi connectivity index (χ0) is 11.2. The second kappa shape index (κ2) is 6.38. The first-order chi connectivity index (χ1) is 7.90. The van der Waals surface area contributed by atoms with Gasteiger partial charge in [0.2, 0.25) is 0 Å². The van der Waals surface area contributed by atoms with Gasteiger partial charge < -0.3 is 10.6 Å². The van der Waals surface area contributed by atoms with Crippen molar-refractivity contribution in [3.05, 3.63) is 22.4 Å². The van der Waals surface area contributed by atoms with Gasteiger partial charge in [-0.05, 0) is 43.8 Å². The minimum atomic E-state index is 0.577. The van der Waals surface area contributed by atoms with Crippen molar-refractivity contribution in [1.82, 2.24) is 10.6 Å². The summed E-state index contributed by atoms with van der Waals surface area (Å²) in [6.45, 7) is 4.60. The highest BCUT2D eigenvalue weighted by molar-refractivity contribution is 7.10. The monoisotopic (exact) mass is 238 g/mol. The summed E-state index contributed by atoms with van der Waals surface area (Å²) in [6, 6.07) is 5.71. The summed E-state index contributed by atoms with van der Waals surface area (Å²) in [5.74, 6) is 0. The fraction of sp³-hybridized carbons (Fsp3) is 0.692. The maximum absolute atomic E-state index is 3.83. The summed E-state index contributed by atoms with van der Waals surface area (Å²) in [5.41, 5.74) is 0. The van der Waals surface area contributed by atoms with E-state index in [-0.39, 0.29) is 0 Å². The SMILES string of the molecule is CCCC(NC1CCNCC1)c1cccs1. The Hall–Kier alpha value is -0.380. The van der Waals surface area contributed by atoms with Crippen LogP contribution >= 0.6 is 11.3 Å². The van der Waals surface area contributed by atoms with E-state index >= 15 is 0 Å². The Balaban J connectivity index is 1.91. The number of hydrogen-bond acceptors (Lipinski definition) is 3. The lowest BCUT2D eigenvalue weighted by Crippen LogP contribution is -2.41. The first-order valence-corrected chi connectivity index (χ1v) is 7.28. The van der Waals surface area contributed by atoms with Gasteiger partial charge in [-0.25, -0.2) is 0 Å². The van der Waals surface area contributed by atoms with E-state index < -0.39 is 0 Å². The van der Waals surface area contributed by atoms with Crippen LogP contribution in [-0.4, -0.2) is 19.1 Å². The van der Waals surface area contributed by atoms with Crippen LogP contribution in [0.25, 0.3) is 0 Å². The Labute approximate surface area is 102 Å². The average molecular weight is 238 g/mol. The minimum absolute atomic E-state index is 0.577. The predicted octanol–water partition coefficient (Wildman–Crippen LogP) is 2.93. The number of thiophene rings is 1. The molecule has 3 heteroatoms. The summed E-state index contributed by atoms with van der Waals surface area (Å²) in [7, 11) is 0. The molecule has 0 radical (unpaired) electrons. The second-order valence-electron chi connectivity index (χ2n) is 4.55. The smallest absolute Gasteiger partial charge is 0.0416 e. The highest BCUT2D eigenvalue weighted by Gasteiger charge is 2.18. The molecule has 0 aromatic carbocycles. The second-order valence-corrected chi connectivity index (χ2v) is 5.53. The third kappa shape index (κ3) is 3.30. The molecule has 0 saturated carbocycles. The first-order valence-electron chi connectivity index (χ1n) is 6.40. The number of piperidine rings is 1. The van der Waals surface area contributed by atoms with Crippen molar-refractivity contribution in [3.8, 4) is 0 Å². The van der Waals surface area contributed by atoms with E-state index in [1.165, 1.54) is 43.6 Å². The van der Waals surface area contributed by atoms with Crippen LogP contribution in [0, 0.1) is 0 Å². The van der Waals surface area contributed by atoms with Crippen molar-refractivity contribution in [2.45, 2.75) is 44.7 Å². The zero-order valence-electron chi connectivity index (χ0n) is 10.0. The molecule has 2 nitrogen and oxygen atoms in total. The van der Waals surface area contributed by atoms with Crippen LogP contribution in [0.1, 0.15) is 43.5 Å². The van der Waals surface area contributed by atoms with Gasteiger partial charge in [0.1, 0.15) is 0 Å². The normalized spacial score (nSPS) is 19.8. The van der Waals surface area contributed by atoms with E-state index in [0.29, 0.717) is 12.1 Å². The number of nitrogens with one attached hydrogen (secondary N) is 2. The predicted molar refractivity (Wildman–Crippen MR) is 71.0 cm³/mol. The lowest BCUT2D eigenvalue weighted by Gasteiger charge is -2.28. The topological polar surface area (TPSA) is 24.1 Å². The summed E-state index contributed by atoms with van der Waals surface area (Å²) in [4.78, 5) is 1.50. The van der Waals surface area contributed by atoms with Crippen LogP contribution in [0.3, 0.4) is 0 Å². The van der Waals surface area contributed by atoms with Gasteiger partial charge in [-0.3, -0.25) is 0 Å². The van der Waals surface area contributed by atoms with Gasteiger partial charge in [0.05, 0.1) is 0 Å². The molecule has 1 aliphatic heterocycles. The molecule has 1 fully saturated rings. The van der Waals surface area contributed by atoms with Gasteiger partial charge in [0, 0.05) is 17.0 Å². The number of hydrogen-bond donors (Lipinski definition) is 2. The molecular weight excluding hydrogens is 216 g/mol. The molecule has 2 heterocycles. The highest BCUT2D eigenvalue weighted by atomic mass is 32.1. The average Bonchev–Trinajstić information content (AvgIpc) is 2.83. The molecule has 90 valence electrons. The highest BCUT2D eigenvalue weighted by Crippen LogP contribution is 2.24. The van der Waals surface area contributed by atoms with Crippen LogP contribution in [0.5, 0.6) is 0 Å². The maximum atomic E-state index is 3.83. The molecular formula is C13H22N2S. The van der Waals surface area contributed by atoms with Gasteiger partial charge >= 0.3 is 0 Å². The molecule has 0 bridgehead atoms. The summed E-state index contributed by atoms with van der Waals surface area (Å²) >= 11 is 1.88. The van der Waals surface area contributed by atoms with Gasteiger partial charge in [-0.15, -0.1) is 11.3 Å². The zero-order valence-corrected chi connectivity index (χ0v) is 10.9. The van der Waals surface area contributed by atoms with E-state index in [9.17, 15) is 0 Å². The van der Waals surface area contributed by atoms with Crippen molar-refractivity contribution in [3.63, 3.8) is 0 Å². The molecule has 16 heavy (non-hydrogen) atoms. The van der Waals surface area contributed by atoms with Gasteiger partial charge in [-0.1, -0.05) is 19.4 Å². The molecule has 2 N–H and O–H groups in total. The molecule has 0 aliphatic carbocycles. The number of rotatable bonds is 5. The lowest BCUT2D eigenvalue weighted by atomic mass is 10.0. The van der Waals surface area contributed by atoms with Crippen LogP contribution in [0.4, 0.5) is 0 Å². The Bertz CT molecular complexity index is 278.